The third-order valence-corrected chi connectivity index (χ3v) is 2.77. The summed E-state index contributed by atoms with van der Waals surface area (Å²) in [7, 11) is 1.53. The van der Waals surface area contributed by atoms with E-state index in [1.807, 2.05) is 0 Å². The van der Waals surface area contributed by atoms with Gasteiger partial charge in [0.15, 0.2) is 0 Å². The van der Waals surface area contributed by atoms with Crippen LogP contribution in [-0.2, 0) is 4.74 Å². The summed E-state index contributed by atoms with van der Waals surface area (Å²) in [6.07, 6.45) is 0.486. The molecule has 0 aromatic rings. The van der Waals surface area contributed by atoms with Gasteiger partial charge in [0.1, 0.15) is 0 Å². The van der Waals surface area contributed by atoms with Gasteiger partial charge in [-0.05, 0) is 17.7 Å². The summed E-state index contributed by atoms with van der Waals surface area (Å²) in [5.74, 6) is 0.507. The summed E-state index contributed by atoms with van der Waals surface area (Å²) in [6.45, 7) is 0. The van der Waals surface area contributed by atoms with Crippen molar-refractivity contribution >= 4 is 0 Å². The normalized spacial score (nSPS) is 24.0. The van der Waals surface area contributed by atoms with E-state index in [2.05, 4.69) is 5.32 Å². The molecule has 88 valence electrons. The highest BCUT2D eigenvalue weighted by Crippen LogP contribution is 2.39. The zero-order valence-corrected chi connectivity index (χ0v) is 8.77. The summed E-state index contributed by atoms with van der Waals surface area (Å²) in [4.78, 5) is 0. The van der Waals surface area contributed by atoms with Gasteiger partial charge in [0, 0.05) is 24.2 Å². The van der Waals surface area contributed by atoms with Crippen LogP contribution in [0.2, 0.25) is 0 Å². The summed E-state index contributed by atoms with van der Waals surface area (Å²) < 4.78 is 42.0. The second-order valence-corrected chi connectivity index (χ2v) is 3.87. The first-order chi connectivity index (χ1) is 7.49. The first-order valence-electron chi connectivity index (χ1n) is 4.96. The largest absolute Gasteiger partial charge is 0.501 e. The molecule has 1 N–H and O–H groups in total. The zero-order valence-electron chi connectivity index (χ0n) is 8.77. The number of rotatable bonds is 2. The molecule has 1 aliphatic carbocycles. The lowest BCUT2D eigenvalue weighted by molar-refractivity contribution is -0.128. The molecule has 0 aromatic carbocycles. The molecule has 1 unspecified atom stereocenters. The fourth-order valence-electron chi connectivity index (χ4n) is 1.99. The Labute approximate surface area is 91.5 Å². The topological polar surface area (TPSA) is 21.3 Å². The minimum atomic E-state index is -4.16. The Balaban J connectivity index is 2.11. The number of hydrogen-bond acceptors (Lipinski definition) is 2. The van der Waals surface area contributed by atoms with Crippen LogP contribution in [-0.4, -0.2) is 13.3 Å². The van der Waals surface area contributed by atoms with Crippen LogP contribution in [0.15, 0.2) is 35.4 Å². The Kier molecular flexibility index (Phi) is 2.69. The second kappa shape index (κ2) is 3.88. The van der Waals surface area contributed by atoms with Crippen LogP contribution in [0.4, 0.5) is 13.2 Å². The van der Waals surface area contributed by atoms with E-state index in [1.54, 1.807) is 12.2 Å². The molecule has 0 radical (unpaired) electrons. The maximum Gasteiger partial charge on any atom is 0.392 e. The summed E-state index contributed by atoms with van der Waals surface area (Å²) in [5, 5.41) is 2.87. The van der Waals surface area contributed by atoms with Crippen molar-refractivity contribution in [2.24, 2.45) is 5.92 Å². The van der Waals surface area contributed by atoms with Crippen LogP contribution in [0.1, 0.15) is 12.8 Å². The summed E-state index contributed by atoms with van der Waals surface area (Å²) >= 11 is 0. The summed E-state index contributed by atoms with van der Waals surface area (Å²) in [6, 6.07) is 0. The molecular formula is C11H12F3NO. The molecule has 0 spiro atoms. The number of allylic oxidation sites excluding steroid dienone is 4. The number of halogens is 3. The van der Waals surface area contributed by atoms with Crippen molar-refractivity contribution < 1.29 is 17.9 Å². The molecule has 0 bridgehead atoms. The highest BCUT2D eigenvalue weighted by molar-refractivity contribution is 5.36. The molecule has 16 heavy (non-hydrogen) atoms. The van der Waals surface area contributed by atoms with Crippen molar-refractivity contribution in [2.75, 3.05) is 7.11 Å². The maximum absolute atomic E-state index is 12.3. The van der Waals surface area contributed by atoms with Crippen LogP contribution < -0.4 is 5.32 Å². The van der Waals surface area contributed by atoms with Crippen molar-refractivity contribution in [1.82, 2.24) is 5.32 Å². The Morgan fingerprint density at radius 3 is 2.81 bits per heavy atom. The molecule has 0 saturated carbocycles. The summed E-state index contributed by atoms with van der Waals surface area (Å²) in [5.41, 5.74) is 1.20. The van der Waals surface area contributed by atoms with Gasteiger partial charge in [0.25, 0.3) is 0 Å². The lowest BCUT2D eigenvalue weighted by Gasteiger charge is -2.21. The average molecular weight is 231 g/mol. The van der Waals surface area contributed by atoms with E-state index in [0.717, 1.165) is 5.70 Å². The number of methoxy groups -OCH3 is 1. The maximum atomic E-state index is 12.3. The fraction of sp³-hybridized carbons (Fsp3) is 0.455. The van der Waals surface area contributed by atoms with Crippen molar-refractivity contribution in [3.05, 3.63) is 35.4 Å². The van der Waals surface area contributed by atoms with Crippen molar-refractivity contribution in [3.63, 3.8) is 0 Å². The number of ether oxygens (including phenoxy) is 1. The van der Waals surface area contributed by atoms with Crippen LogP contribution in [0, 0.1) is 5.92 Å². The first kappa shape index (κ1) is 11.1. The number of hydrogen-bond donors (Lipinski definition) is 1. The predicted molar refractivity (Wildman–Crippen MR) is 53.2 cm³/mol. The second-order valence-electron chi connectivity index (χ2n) is 3.87. The van der Waals surface area contributed by atoms with Crippen LogP contribution in [0.25, 0.3) is 0 Å². The Morgan fingerprint density at radius 2 is 2.19 bits per heavy atom. The molecule has 0 saturated heterocycles. The molecular weight excluding hydrogens is 219 g/mol. The van der Waals surface area contributed by atoms with Gasteiger partial charge in [-0.1, -0.05) is 0 Å². The van der Waals surface area contributed by atoms with Gasteiger partial charge in [-0.15, -0.1) is 0 Å². The molecule has 1 aliphatic heterocycles. The lowest BCUT2D eigenvalue weighted by Crippen LogP contribution is -2.16. The van der Waals surface area contributed by atoms with Crippen LogP contribution in [0.3, 0.4) is 0 Å². The Hall–Kier alpha value is -1.39. The quantitative estimate of drug-likeness (QED) is 0.789. The van der Waals surface area contributed by atoms with E-state index in [9.17, 15) is 13.2 Å². The van der Waals surface area contributed by atoms with Gasteiger partial charge in [0.2, 0.25) is 0 Å². The Bertz CT molecular complexity index is 379. The lowest BCUT2D eigenvalue weighted by atomic mass is 9.89. The van der Waals surface area contributed by atoms with E-state index in [1.165, 1.54) is 13.3 Å². The van der Waals surface area contributed by atoms with Gasteiger partial charge in [-0.25, -0.2) is 0 Å². The van der Waals surface area contributed by atoms with E-state index < -0.39 is 12.6 Å². The van der Waals surface area contributed by atoms with Gasteiger partial charge >= 0.3 is 6.18 Å². The fourth-order valence-corrected chi connectivity index (χ4v) is 1.99. The third-order valence-electron chi connectivity index (χ3n) is 2.77. The van der Waals surface area contributed by atoms with E-state index in [0.29, 0.717) is 17.8 Å². The van der Waals surface area contributed by atoms with E-state index >= 15 is 0 Å². The third kappa shape index (κ3) is 2.23. The van der Waals surface area contributed by atoms with Crippen LogP contribution in [0.5, 0.6) is 0 Å². The number of nitrogens with one attached hydrogen (secondary N) is 1. The smallest absolute Gasteiger partial charge is 0.392 e. The van der Waals surface area contributed by atoms with Gasteiger partial charge in [0.05, 0.1) is 19.3 Å². The highest BCUT2D eigenvalue weighted by Gasteiger charge is 2.36. The molecule has 0 amide bonds. The molecule has 1 heterocycles. The minimum absolute atomic E-state index is 0.207. The van der Waals surface area contributed by atoms with Crippen molar-refractivity contribution in [2.45, 2.75) is 19.0 Å². The number of alkyl halides is 3. The Morgan fingerprint density at radius 1 is 1.44 bits per heavy atom. The molecule has 2 nitrogen and oxygen atoms in total. The van der Waals surface area contributed by atoms with Gasteiger partial charge in [-0.2, -0.15) is 13.2 Å². The molecule has 5 heteroatoms. The van der Waals surface area contributed by atoms with Crippen LogP contribution >= 0.6 is 0 Å². The SMILES string of the molecule is COC1=CC=C2NC=C(CC(F)(F)F)C2C1. The van der Waals surface area contributed by atoms with E-state index in [-0.39, 0.29) is 5.92 Å². The predicted octanol–water partition coefficient (Wildman–Crippen LogP) is 2.86. The first-order valence-corrected chi connectivity index (χ1v) is 4.96. The molecule has 0 fully saturated rings. The molecule has 1 atom stereocenters. The monoisotopic (exact) mass is 231 g/mol. The molecule has 2 aliphatic rings. The van der Waals surface area contributed by atoms with Gasteiger partial charge in [-0.3, -0.25) is 0 Å². The molecule has 0 aromatic heterocycles. The van der Waals surface area contributed by atoms with Crippen molar-refractivity contribution in [3.8, 4) is 0 Å². The average Bonchev–Trinajstić information content (AvgIpc) is 2.58. The standard InChI is InChI=1S/C11H12F3NO/c1-16-8-2-3-10-9(4-8)7(6-15-10)5-11(12,13)14/h2-3,6,9,15H,4-5H2,1H3. The highest BCUT2D eigenvalue weighted by atomic mass is 19.4. The van der Waals surface area contributed by atoms with Gasteiger partial charge < -0.3 is 10.1 Å². The van der Waals surface area contributed by atoms with E-state index in [4.69, 9.17) is 4.74 Å². The number of fused-ring (bicyclic) bond motifs is 1. The minimum Gasteiger partial charge on any atom is -0.501 e. The van der Waals surface area contributed by atoms with Crippen molar-refractivity contribution in [1.29, 1.82) is 0 Å². The zero-order chi connectivity index (χ0) is 11.8. The molecule has 2 rings (SSSR count).